The van der Waals surface area contributed by atoms with E-state index in [1.807, 2.05) is 30.3 Å². The molecule has 0 saturated carbocycles. The van der Waals surface area contributed by atoms with Crippen molar-refractivity contribution in [3.05, 3.63) is 35.9 Å². The lowest BCUT2D eigenvalue weighted by Crippen LogP contribution is -2.39. The van der Waals surface area contributed by atoms with Crippen LogP contribution in [-0.2, 0) is 9.53 Å². The van der Waals surface area contributed by atoms with Crippen molar-refractivity contribution >= 4 is 18.3 Å². The van der Waals surface area contributed by atoms with E-state index < -0.39 is 6.10 Å². The molecule has 0 radical (unpaired) electrons. The molecule has 0 aromatic heterocycles. The number of methoxy groups -OCH3 is 1. The summed E-state index contributed by atoms with van der Waals surface area (Å²) in [6.07, 6.45) is 1.85. The van der Waals surface area contributed by atoms with E-state index in [4.69, 9.17) is 4.74 Å². The molecule has 1 heterocycles. The van der Waals surface area contributed by atoms with E-state index in [1.54, 1.807) is 7.11 Å². The number of ether oxygens (including phenoxy) is 1. The fourth-order valence-corrected chi connectivity index (χ4v) is 2.46. The Hall–Kier alpha value is -1.10. The monoisotopic (exact) mass is 298 g/mol. The molecule has 4 nitrogen and oxygen atoms in total. The standard InChI is InChI=1S/C15H22N2O2.ClH/c1-19-14(13-7-3-2-4-8-13)15(18)17-11-12-6-5-9-16-10-12;/h2-4,7-8,12,14,16H,5-6,9-11H2,1H3,(H,17,18);1H. The first-order valence-electron chi connectivity index (χ1n) is 6.87. The predicted octanol–water partition coefficient (Wildman–Crippen LogP) is 1.91. The molecule has 0 spiro atoms. The summed E-state index contributed by atoms with van der Waals surface area (Å²) in [5.74, 6) is 0.477. The van der Waals surface area contributed by atoms with Gasteiger partial charge in [-0.1, -0.05) is 30.3 Å². The van der Waals surface area contributed by atoms with E-state index in [1.165, 1.54) is 12.8 Å². The van der Waals surface area contributed by atoms with Crippen LogP contribution in [0.2, 0.25) is 0 Å². The molecule has 1 saturated heterocycles. The van der Waals surface area contributed by atoms with Crippen LogP contribution >= 0.6 is 12.4 Å². The van der Waals surface area contributed by atoms with Crippen LogP contribution in [0.3, 0.4) is 0 Å². The minimum atomic E-state index is -0.516. The van der Waals surface area contributed by atoms with E-state index in [2.05, 4.69) is 10.6 Å². The lowest BCUT2D eigenvalue weighted by molar-refractivity contribution is -0.131. The van der Waals surface area contributed by atoms with Crippen LogP contribution in [0.15, 0.2) is 30.3 Å². The molecule has 0 bridgehead atoms. The second kappa shape index (κ2) is 8.95. The number of rotatable bonds is 5. The highest BCUT2D eigenvalue weighted by atomic mass is 35.5. The molecule has 0 aliphatic carbocycles. The van der Waals surface area contributed by atoms with Gasteiger partial charge >= 0.3 is 0 Å². The van der Waals surface area contributed by atoms with Crippen molar-refractivity contribution in [2.45, 2.75) is 18.9 Å². The fraction of sp³-hybridized carbons (Fsp3) is 0.533. The van der Waals surface area contributed by atoms with Gasteiger partial charge in [-0.2, -0.15) is 0 Å². The third kappa shape index (κ3) is 4.78. The van der Waals surface area contributed by atoms with Crippen molar-refractivity contribution in [1.29, 1.82) is 0 Å². The van der Waals surface area contributed by atoms with Crippen LogP contribution in [0.1, 0.15) is 24.5 Å². The summed E-state index contributed by atoms with van der Waals surface area (Å²) >= 11 is 0. The summed E-state index contributed by atoms with van der Waals surface area (Å²) in [5, 5.41) is 6.35. The molecule has 112 valence electrons. The number of piperidine rings is 1. The van der Waals surface area contributed by atoms with Crippen LogP contribution in [0.5, 0.6) is 0 Å². The van der Waals surface area contributed by atoms with Crippen LogP contribution < -0.4 is 10.6 Å². The number of hydrogen-bond acceptors (Lipinski definition) is 3. The molecule has 2 rings (SSSR count). The highest BCUT2D eigenvalue weighted by molar-refractivity contribution is 5.85. The Morgan fingerprint density at radius 1 is 1.45 bits per heavy atom. The Bertz CT molecular complexity index is 394. The Morgan fingerprint density at radius 3 is 2.80 bits per heavy atom. The van der Waals surface area contributed by atoms with Gasteiger partial charge in [-0.05, 0) is 37.4 Å². The zero-order valence-corrected chi connectivity index (χ0v) is 12.6. The fourth-order valence-electron chi connectivity index (χ4n) is 2.46. The van der Waals surface area contributed by atoms with Gasteiger partial charge in [0.15, 0.2) is 6.10 Å². The average Bonchev–Trinajstić information content (AvgIpc) is 2.48. The van der Waals surface area contributed by atoms with Crippen molar-refractivity contribution in [3.8, 4) is 0 Å². The largest absolute Gasteiger partial charge is 0.367 e. The molecule has 1 aromatic rings. The summed E-state index contributed by atoms with van der Waals surface area (Å²) < 4.78 is 5.31. The maximum absolute atomic E-state index is 12.2. The molecule has 2 N–H and O–H groups in total. The number of amides is 1. The Balaban J connectivity index is 0.00000200. The van der Waals surface area contributed by atoms with E-state index in [-0.39, 0.29) is 18.3 Å². The Kier molecular flexibility index (Phi) is 7.59. The zero-order chi connectivity index (χ0) is 13.5. The molecule has 1 aliphatic heterocycles. The molecule has 1 aliphatic rings. The molecule has 20 heavy (non-hydrogen) atoms. The van der Waals surface area contributed by atoms with E-state index in [0.29, 0.717) is 5.92 Å². The smallest absolute Gasteiger partial charge is 0.253 e. The van der Waals surface area contributed by atoms with E-state index in [9.17, 15) is 4.79 Å². The van der Waals surface area contributed by atoms with Crippen molar-refractivity contribution in [3.63, 3.8) is 0 Å². The van der Waals surface area contributed by atoms with Gasteiger partial charge in [0.25, 0.3) is 5.91 Å². The lowest BCUT2D eigenvalue weighted by atomic mass is 9.99. The lowest BCUT2D eigenvalue weighted by Gasteiger charge is -2.24. The number of halogens is 1. The molecule has 1 fully saturated rings. The maximum Gasteiger partial charge on any atom is 0.253 e. The molecular weight excluding hydrogens is 276 g/mol. The molecule has 1 amide bonds. The highest BCUT2D eigenvalue weighted by Crippen LogP contribution is 2.16. The predicted molar refractivity (Wildman–Crippen MR) is 82.0 cm³/mol. The summed E-state index contributed by atoms with van der Waals surface area (Å²) in [6, 6.07) is 9.59. The van der Waals surface area contributed by atoms with Crippen LogP contribution in [-0.4, -0.2) is 32.7 Å². The van der Waals surface area contributed by atoms with Crippen LogP contribution in [0, 0.1) is 5.92 Å². The number of carbonyl (C=O) groups is 1. The van der Waals surface area contributed by atoms with Gasteiger partial charge in [-0.15, -0.1) is 12.4 Å². The third-order valence-corrected chi connectivity index (χ3v) is 3.54. The van der Waals surface area contributed by atoms with Gasteiger partial charge in [0, 0.05) is 13.7 Å². The summed E-state index contributed by atoms with van der Waals surface area (Å²) in [7, 11) is 1.57. The zero-order valence-electron chi connectivity index (χ0n) is 11.8. The van der Waals surface area contributed by atoms with Crippen molar-refractivity contribution in [2.75, 3.05) is 26.7 Å². The minimum Gasteiger partial charge on any atom is -0.367 e. The molecule has 1 aromatic carbocycles. The Labute approximate surface area is 126 Å². The van der Waals surface area contributed by atoms with Crippen molar-refractivity contribution < 1.29 is 9.53 Å². The SMILES string of the molecule is COC(C(=O)NCC1CCCNC1)c1ccccc1.Cl. The number of nitrogens with one attached hydrogen (secondary N) is 2. The first-order valence-corrected chi connectivity index (χ1v) is 6.87. The van der Waals surface area contributed by atoms with Gasteiger partial charge in [-0.25, -0.2) is 0 Å². The quantitative estimate of drug-likeness (QED) is 0.873. The normalized spacial score (nSPS) is 19.8. The third-order valence-electron chi connectivity index (χ3n) is 3.54. The highest BCUT2D eigenvalue weighted by Gasteiger charge is 2.21. The second-order valence-corrected chi connectivity index (χ2v) is 4.98. The summed E-state index contributed by atoms with van der Waals surface area (Å²) in [6.45, 7) is 2.80. The number of benzene rings is 1. The summed E-state index contributed by atoms with van der Waals surface area (Å²) in [5.41, 5.74) is 0.893. The molecule has 2 atom stereocenters. The van der Waals surface area contributed by atoms with Gasteiger partial charge in [0.05, 0.1) is 0 Å². The van der Waals surface area contributed by atoms with Crippen molar-refractivity contribution in [1.82, 2.24) is 10.6 Å². The topological polar surface area (TPSA) is 50.4 Å². The molecular formula is C15H23ClN2O2. The van der Waals surface area contributed by atoms with Gasteiger partial charge in [0.2, 0.25) is 0 Å². The second-order valence-electron chi connectivity index (χ2n) is 4.98. The average molecular weight is 299 g/mol. The Morgan fingerprint density at radius 2 is 2.20 bits per heavy atom. The molecule has 5 heteroatoms. The van der Waals surface area contributed by atoms with Crippen molar-refractivity contribution in [2.24, 2.45) is 5.92 Å². The summed E-state index contributed by atoms with van der Waals surface area (Å²) in [4.78, 5) is 12.2. The minimum absolute atomic E-state index is 0. The molecule has 2 unspecified atom stereocenters. The number of hydrogen-bond donors (Lipinski definition) is 2. The first-order chi connectivity index (χ1) is 9.31. The van der Waals surface area contributed by atoms with Gasteiger partial charge < -0.3 is 15.4 Å². The maximum atomic E-state index is 12.2. The van der Waals surface area contributed by atoms with E-state index >= 15 is 0 Å². The number of carbonyl (C=O) groups excluding carboxylic acids is 1. The first kappa shape index (κ1) is 17.0. The van der Waals surface area contributed by atoms with Gasteiger partial charge in [0.1, 0.15) is 0 Å². The van der Waals surface area contributed by atoms with Crippen LogP contribution in [0.4, 0.5) is 0 Å². The van der Waals surface area contributed by atoms with E-state index in [0.717, 1.165) is 25.2 Å². The van der Waals surface area contributed by atoms with Gasteiger partial charge in [-0.3, -0.25) is 4.79 Å². The van der Waals surface area contributed by atoms with Crippen LogP contribution in [0.25, 0.3) is 0 Å².